The molecule has 0 saturated carbocycles. The lowest BCUT2D eigenvalue weighted by atomic mass is 10.2. The second-order valence-corrected chi connectivity index (χ2v) is 8.45. The number of halogens is 1. The van der Waals surface area contributed by atoms with Crippen LogP contribution in [0.4, 0.5) is 5.82 Å². The SMILES string of the molecule is CCCn1c(=O)c2ccccc2n2c(S[C@H](C)C(=O)Nc3ccc(Cl)cn3)nnc12. The number of nitrogens with zero attached hydrogens (tertiary/aromatic N) is 5. The van der Waals surface area contributed by atoms with Gasteiger partial charge in [0.2, 0.25) is 11.7 Å². The summed E-state index contributed by atoms with van der Waals surface area (Å²) < 4.78 is 3.46. The molecule has 0 aliphatic heterocycles. The number of aromatic nitrogens is 5. The molecule has 4 aromatic rings. The molecule has 0 aliphatic carbocycles. The average molecular weight is 443 g/mol. The summed E-state index contributed by atoms with van der Waals surface area (Å²) in [5.74, 6) is 0.665. The van der Waals surface area contributed by atoms with E-state index in [1.54, 1.807) is 29.7 Å². The second kappa shape index (κ2) is 8.45. The van der Waals surface area contributed by atoms with Gasteiger partial charge in [-0.05, 0) is 37.6 Å². The first-order chi connectivity index (χ1) is 14.5. The fourth-order valence-corrected chi connectivity index (χ4v) is 4.09. The maximum atomic E-state index is 12.9. The highest BCUT2D eigenvalue weighted by molar-refractivity contribution is 8.00. The molecule has 1 atom stereocenters. The van der Waals surface area contributed by atoms with Crippen LogP contribution in [0.5, 0.6) is 0 Å². The number of hydrogen-bond acceptors (Lipinski definition) is 6. The predicted molar refractivity (Wildman–Crippen MR) is 118 cm³/mol. The number of nitrogens with one attached hydrogen (secondary N) is 1. The molecule has 1 aromatic carbocycles. The number of rotatable bonds is 6. The van der Waals surface area contributed by atoms with E-state index in [0.29, 0.717) is 39.2 Å². The molecule has 10 heteroatoms. The Morgan fingerprint density at radius 3 is 2.77 bits per heavy atom. The number of aryl methyl sites for hydroxylation is 1. The molecule has 8 nitrogen and oxygen atoms in total. The highest BCUT2D eigenvalue weighted by atomic mass is 35.5. The van der Waals surface area contributed by atoms with Crippen LogP contribution < -0.4 is 10.9 Å². The van der Waals surface area contributed by atoms with Crippen molar-refractivity contribution < 1.29 is 4.79 Å². The number of benzene rings is 1. The van der Waals surface area contributed by atoms with Gasteiger partial charge in [-0.3, -0.25) is 18.6 Å². The number of para-hydroxylation sites is 1. The molecule has 3 aromatic heterocycles. The number of fused-ring (bicyclic) bond motifs is 3. The van der Waals surface area contributed by atoms with Crippen molar-refractivity contribution in [2.45, 2.75) is 37.2 Å². The zero-order chi connectivity index (χ0) is 21.3. The van der Waals surface area contributed by atoms with Gasteiger partial charge < -0.3 is 5.32 Å². The molecule has 0 aliphatic rings. The third-order valence-electron chi connectivity index (χ3n) is 4.56. The molecule has 154 valence electrons. The van der Waals surface area contributed by atoms with E-state index in [9.17, 15) is 9.59 Å². The predicted octanol–water partition coefficient (Wildman–Crippen LogP) is 3.62. The van der Waals surface area contributed by atoms with E-state index in [-0.39, 0.29) is 11.5 Å². The Morgan fingerprint density at radius 1 is 1.23 bits per heavy atom. The van der Waals surface area contributed by atoms with Crippen molar-refractivity contribution in [3.63, 3.8) is 0 Å². The Morgan fingerprint density at radius 2 is 2.03 bits per heavy atom. The maximum absolute atomic E-state index is 12.9. The second-order valence-electron chi connectivity index (χ2n) is 6.70. The summed E-state index contributed by atoms with van der Waals surface area (Å²) in [5.41, 5.74) is 0.618. The van der Waals surface area contributed by atoms with E-state index in [0.717, 1.165) is 6.42 Å². The first-order valence-corrected chi connectivity index (χ1v) is 10.7. The first kappa shape index (κ1) is 20.4. The van der Waals surface area contributed by atoms with Crippen LogP contribution in [0.15, 0.2) is 52.5 Å². The summed E-state index contributed by atoms with van der Waals surface area (Å²) in [6.07, 6.45) is 2.26. The van der Waals surface area contributed by atoms with E-state index in [1.165, 1.54) is 18.0 Å². The van der Waals surface area contributed by atoms with Crippen molar-refractivity contribution in [3.05, 3.63) is 58.0 Å². The van der Waals surface area contributed by atoms with Crippen LogP contribution in [0.2, 0.25) is 5.02 Å². The third-order valence-corrected chi connectivity index (χ3v) is 5.82. The smallest absolute Gasteiger partial charge is 0.262 e. The standard InChI is InChI=1S/C20H19ClN6O2S/c1-3-10-26-18(29)14-6-4-5-7-15(14)27-19(26)24-25-20(27)30-12(2)17(28)23-16-9-8-13(21)11-22-16/h4-9,11-12H,3,10H2,1-2H3,(H,22,23,28)/t12-/m1/s1. The lowest BCUT2D eigenvalue weighted by Crippen LogP contribution is -2.24. The van der Waals surface area contributed by atoms with Crippen molar-refractivity contribution in [2.75, 3.05) is 5.32 Å². The van der Waals surface area contributed by atoms with Crippen LogP contribution in [-0.4, -0.2) is 35.3 Å². The molecule has 0 saturated heterocycles. The zero-order valence-electron chi connectivity index (χ0n) is 16.4. The van der Waals surface area contributed by atoms with Crippen molar-refractivity contribution in [3.8, 4) is 0 Å². The fraction of sp³-hybridized carbons (Fsp3) is 0.250. The first-order valence-electron chi connectivity index (χ1n) is 9.45. The number of carbonyl (C=O) groups is 1. The van der Waals surface area contributed by atoms with Crippen LogP contribution >= 0.6 is 23.4 Å². The van der Waals surface area contributed by atoms with E-state index >= 15 is 0 Å². The Labute approximate surface area is 181 Å². The number of hydrogen-bond donors (Lipinski definition) is 1. The summed E-state index contributed by atoms with van der Waals surface area (Å²) in [5, 5.41) is 12.4. The summed E-state index contributed by atoms with van der Waals surface area (Å²) in [4.78, 5) is 29.6. The van der Waals surface area contributed by atoms with E-state index in [1.807, 2.05) is 29.5 Å². The van der Waals surface area contributed by atoms with Gasteiger partial charge in [0.05, 0.1) is 21.2 Å². The molecule has 3 heterocycles. The zero-order valence-corrected chi connectivity index (χ0v) is 17.9. The van der Waals surface area contributed by atoms with Gasteiger partial charge in [-0.25, -0.2) is 4.98 Å². The minimum Gasteiger partial charge on any atom is -0.310 e. The molecular weight excluding hydrogens is 424 g/mol. The third kappa shape index (κ3) is 3.78. The Bertz CT molecular complexity index is 1280. The number of pyridine rings is 1. The number of anilines is 1. The molecular formula is C20H19ClN6O2S. The van der Waals surface area contributed by atoms with Crippen molar-refractivity contribution in [1.82, 2.24) is 24.1 Å². The highest BCUT2D eigenvalue weighted by Crippen LogP contribution is 2.26. The average Bonchev–Trinajstić information content (AvgIpc) is 3.16. The Hall–Kier alpha value is -2.91. The maximum Gasteiger partial charge on any atom is 0.262 e. The largest absolute Gasteiger partial charge is 0.310 e. The molecule has 1 amide bonds. The molecule has 30 heavy (non-hydrogen) atoms. The Kier molecular flexibility index (Phi) is 5.74. The van der Waals surface area contributed by atoms with Crippen LogP contribution in [0.1, 0.15) is 20.3 Å². The van der Waals surface area contributed by atoms with Crippen LogP contribution in [0, 0.1) is 0 Å². The number of amides is 1. The molecule has 0 unspecified atom stereocenters. The van der Waals surface area contributed by atoms with E-state index in [2.05, 4.69) is 20.5 Å². The lowest BCUT2D eigenvalue weighted by molar-refractivity contribution is -0.115. The van der Waals surface area contributed by atoms with Crippen LogP contribution in [0.3, 0.4) is 0 Å². The molecule has 4 rings (SSSR count). The minimum atomic E-state index is -0.472. The van der Waals surface area contributed by atoms with Crippen molar-refractivity contribution in [2.24, 2.45) is 0 Å². The van der Waals surface area contributed by atoms with E-state index < -0.39 is 5.25 Å². The number of carbonyl (C=O) groups excluding carboxylic acids is 1. The van der Waals surface area contributed by atoms with Gasteiger partial charge in [0.15, 0.2) is 5.16 Å². The minimum absolute atomic E-state index is 0.0940. The van der Waals surface area contributed by atoms with Gasteiger partial charge in [0, 0.05) is 12.7 Å². The monoisotopic (exact) mass is 442 g/mol. The molecule has 0 radical (unpaired) electrons. The van der Waals surface area contributed by atoms with Gasteiger partial charge >= 0.3 is 0 Å². The van der Waals surface area contributed by atoms with Gasteiger partial charge in [-0.2, -0.15) is 0 Å². The summed E-state index contributed by atoms with van der Waals surface area (Å²) in [6, 6.07) is 10.6. The van der Waals surface area contributed by atoms with Gasteiger partial charge in [0.25, 0.3) is 5.56 Å². The topological polar surface area (TPSA) is 94.2 Å². The van der Waals surface area contributed by atoms with E-state index in [4.69, 9.17) is 11.6 Å². The fourth-order valence-electron chi connectivity index (χ4n) is 3.12. The number of thioether (sulfide) groups is 1. The van der Waals surface area contributed by atoms with Crippen molar-refractivity contribution in [1.29, 1.82) is 0 Å². The normalized spacial score (nSPS) is 12.4. The Balaban J connectivity index is 1.70. The van der Waals surface area contributed by atoms with Gasteiger partial charge in [-0.1, -0.05) is 42.4 Å². The van der Waals surface area contributed by atoms with Gasteiger partial charge in [0.1, 0.15) is 5.82 Å². The summed E-state index contributed by atoms with van der Waals surface area (Å²) >= 11 is 7.10. The van der Waals surface area contributed by atoms with Crippen molar-refractivity contribution >= 4 is 51.8 Å². The van der Waals surface area contributed by atoms with Crippen LogP contribution in [0.25, 0.3) is 16.7 Å². The highest BCUT2D eigenvalue weighted by Gasteiger charge is 2.21. The van der Waals surface area contributed by atoms with Crippen LogP contribution in [-0.2, 0) is 11.3 Å². The van der Waals surface area contributed by atoms with Gasteiger partial charge in [-0.15, -0.1) is 10.2 Å². The summed E-state index contributed by atoms with van der Waals surface area (Å²) in [6.45, 7) is 4.32. The quantitative estimate of drug-likeness (QED) is 0.458. The molecule has 1 N–H and O–H groups in total. The molecule has 0 fully saturated rings. The molecule has 0 spiro atoms. The lowest BCUT2D eigenvalue weighted by Gasteiger charge is -2.12. The summed E-state index contributed by atoms with van der Waals surface area (Å²) in [7, 11) is 0. The molecule has 0 bridgehead atoms.